The maximum absolute atomic E-state index is 11.4. The molecule has 0 rings (SSSR count). The lowest BCUT2D eigenvalue weighted by Crippen LogP contribution is -2.43. The second kappa shape index (κ2) is 8.20. The third-order valence-electron chi connectivity index (χ3n) is 1.90. The Morgan fingerprint density at radius 3 is 2.67 bits per heavy atom. The molecule has 15 heavy (non-hydrogen) atoms. The molecule has 0 aromatic heterocycles. The Kier molecular flexibility index (Phi) is 7.58. The Hall–Kier alpha value is -1.13. The van der Waals surface area contributed by atoms with Crippen molar-refractivity contribution in [3.05, 3.63) is 23.8 Å². The van der Waals surface area contributed by atoms with Crippen LogP contribution in [0.15, 0.2) is 23.8 Å². The number of rotatable bonds is 6. The molecule has 0 bridgehead atoms. The maximum atomic E-state index is 11.4. The van der Waals surface area contributed by atoms with Crippen LogP contribution in [0.3, 0.4) is 0 Å². The summed E-state index contributed by atoms with van der Waals surface area (Å²) in [6.45, 7) is 4.59. The van der Waals surface area contributed by atoms with Crippen molar-refractivity contribution < 1.29 is 9.53 Å². The van der Waals surface area contributed by atoms with Crippen molar-refractivity contribution in [2.24, 2.45) is 5.73 Å². The third kappa shape index (κ3) is 6.04. The van der Waals surface area contributed by atoms with Crippen LogP contribution in [0.25, 0.3) is 0 Å². The highest BCUT2D eigenvalue weighted by molar-refractivity contribution is 5.81. The summed E-state index contributed by atoms with van der Waals surface area (Å²) in [5, 5.41) is 2.74. The SMILES string of the molecule is C/C=C\C(=C/C)CNC(=O)C(N)COC. The minimum Gasteiger partial charge on any atom is -0.383 e. The molecule has 0 aromatic carbocycles. The van der Waals surface area contributed by atoms with E-state index in [1.54, 1.807) is 0 Å². The number of carbonyl (C=O) groups is 1. The fourth-order valence-electron chi connectivity index (χ4n) is 1.05. The number of hydrogen-bond donors (Lipinski definition) is 2. The van der Waals surface area contributed by atoms with Gasteiger partial charge in [0.25, 0.3) is 0 Å². The molecule has 0 aliphatic rings. The number of ether oxygens (including phenoxy) is 1. The largest absolute Gasteiger partial charge is 0.383 e. The van der Waals surface area contributed by atoms with Crippen LogP contribution in [0, 0.1) is 0 Å². The van der Waals surface area contributed by atoms with Crippen LogP contribution in [0.4, 0.5) is 0 Å². The summed E-state index contributed by atoms with van der Waals surface area (Å²) < 4.78 is 4.79. The molecule has 86 valence electrons. The molecule has 1 amide bonds. The Morgan fingerprint density at radius 2 is 2.20 bits per heavy atom. The van der Waals surface area contributed by atoms with E-state index in [-0.39, 0.29) is 12.5 Å². The van der Waals surface area contributed by atoms with E-state index >= 15 is 0 Å². The molecule has 3 N–H and O–H groups in total. The topological polar surface area (TPSA) is 64.4 Å². The lowest BCUT2D eigenvalue weighted by molar-refractivity contribution is -0.123. The van der Waals surface area contributed by atoms with Gasteiger partial charge in [-0.05, 0) is 19.4 Å². The first-order valence-electron chi connectivity index (χ1n) is 4.95. The van der Waals surface area contributed by atoms with Crippen LogP contribution in [-0.2, 0) is 9.53 Å². The van der Waals surface area contributed by atoms with Crippen LogP contribution in [0.5, 0.6) is 0 Å². The average molecular weight is 212 g/mol. The molecule has 0 aromatic rings. The molecule has 4 heteroatoms. The summed E-state index contributed by atoms with van der Waals surface area (Å²) in [4.78, 5) is 11.4. The van der Waals surface area contributed by atoms with Crippen molar-refractivity contribution in [3.8, 4) is 0 Å². The second-order valence-electron chi connectivity index (χ2n) is 3.14. The van der Waals surface area contributed by atoms with Gasteiger partial charge in [-0.25, -0.2) is 0 Å². The minimum absolute atomic E-state index is 0.194. The van der Waals surface area contributed by atoms with Gasteiger partial charge in [-0.1, -0.05) is 18.2 Å². The first kappa shape index (κ1) is 13.9. The van der Waals surface area contributed by atoms with Gasteiger partial charge in [0.2, 0.25) is 5.91 Å². The summed E-state index contributed by atoms with van der Waals surface area (Å²) in [6, 6.07) is -0.598. The van der Waals surface area contributed by atoms with Crippen molar-refractivity contribution in [2.75, 3.05) is 20.3 Å². The number of nitrogens with two attached hydrogens (primary N) is 1. The average Bonchev–Trinajstić information content (AvgIpc) is 2.24. The monoisotopic (exact) mass is 212 g/mol. The van der Waals surface area contributed by atoms with Crippen molar-refractivity contribution in [1.29, 1.82) is 0 Å². The third-order valence-corrected chi connectivity index (χ3v) is 1.90. The van der Waals surface area contributed by atoms with Gasteiger partial charge in [0.05, 0.1) is 6.61 Å². The summed E-state index contributed by atoms with van der Waals surface area (Å²) in [7, 11) is 1.52. The van der Waals surface area contributed by atoms with Crippen molar-refractivity contribution in [2.45, 2.75) is 19.9 Å². The molecule has 0 aliphatic carbocycles. The van der Waals surface area contributed by atoms with Crippen molar-refractivity contribution in [1.82, 2.24) is 5.32 Å². The van der Waals surface area contributed by atoms with Crippen LogP contribution in [0.2, 0.25) is 0 Å². The molecule has 0 saturated heterocycles. The minimum atomic E-state index is -0.598. The predicted molar refractivity (Wildman–Crippen MR) is 61.4 cm³/mol. The van der Waals surface area contributed by atoms with Gasteiger partial charge in [-0.2, -0.15) is 0 Å². The number of allylic oxidation sites excluding steroid dienone is 2. The fraction of sp³-hybridized carbons (Fsp3) is 0.545. The van der Waals surface area contributed by atoms with Gasteiger partial charge in [0.15, 0.2) is 0 Å². The second-order valence-corrected chi connectivity index (χ2v) is 3.14. The zero-order valence-corrected chi connectivity index (χ0v) is 9.62. The Balaban J connectivity index is 3.98. The van der Waals surface area contributed by atoms with Crippen LogP contribution >= 0.6 is 0 Å². The van der Waals surface area contributed by atoms with Gasteiger partial charge in [-0.3, -0.25) is 4.79 Å². The van der Waals surface area contributed by atoms with Gasteiger partial charge >= 0.3 is 0 Å². The number of hydrogen-bond acceptors (Lipinski definition) is 3. The lowest BCUT2D eigenvalue weighted by Gasteiger charge is -2.11. The zero-order chi connectivity index (χ0) is 11.7. The first-order chi connectivity index (χ1) is 7.15. The molecule has 0 heterocycles. The summed E-state index contributed by atoms with van der Waals surface area (Å²) in [6.07, 6.45) is 5.82. The highest BCUT2D eigenvalue weighted by atomic mass is 16.5. The zero-order valence-electron chi connectivity index (χ0n) is 9.62. The molecule has 1 atom stereocenters. The van der Waals surface area contributed by atoms with E-state index in [1.165, 1.54) is 7.11 Å². The quantitative estimate of drug-likeness (QED) is 0.634. The van der Waals surface area contributed by atoms with Gasteiger partial charge in [0, 0.05) is 13.7 Å². The molecular weight excluding hydrogens is 192 g/mol. The smallest absolute Gasteiger partial charge is 0.239 e. The molecular formula is C11H20N2O2. The van der Waals surface area contributed by atoms with E-state index in [1.807, 2.05) is 32.1 Å². The van der Waals surface area contributed by atoms with Crippen LogP contribution in [0.1, 0.15) is 13.8 Å². The molecule has 1 unspecified atom stereocenters. The summed E-state index contributed by atoms with van der Waals surface area (Å²) >= 11 is 0. The van der Waals surface area contributed by atoms with Gasteiger partial charge in [0.1, 0.15) is 6.04 Å². The lowest BCUT2D eigenvalue weighted by atomic mass is 10.2. The molecule has 0 radical (unpaired) electrons. The molecule has 0 aliphatic heterocycles. The van der Waals surface area contributed by atoms with Crippen LogP contribution < -0.4 is 11.1 Å². The molecule has 4 nitrogen and oxygen atoms in total. The standard InChI is InChI=1S/C11H20N2O2/c1-4-6-9(5-2)7-13-11(14)10(12)8-15-3/h4-6,10H,7-8,12H2,1-3H3,(H,13,14)/b6-4-,9-5+. The van der Waals surface area contributed by atoms with Gasteiger partial charge in [-0.15, -0.1) is 0 Å². The Bertz CT molecular complexity index is 247. The first-order valence-corrected chi connectivity index (χ1v) is 4.95. The van der Waals surface area contributed by atoms with Gasteiger partial charge < -0.3 is 15.8 Å². The summed E-state index contributed by atoms with van der Waals surface area (Å²) in [5.74, 6) is -0.194. The van der Waals surface area contributed by atoms with Crippen molar-refractivity contribution >= 4 is 5.91 Å². The molecule has 0 fully saturated rings. The predicted octanol–water partition coefficient (Wildman–Crippen LogP) is 0.599. The fourth-order valence-corrected chi connectivity index (χ4v) is 1.05. The summed E-state index contributed by atoms with van der Waals surface area (Å²) in [5.41, 5.74) is 6.61. The van der Waals surface area contributed by atoms with E-state index in [0.717, 1.165) is 5.57 Å². The van der Waals surface area contributed by atoms with Crippen molar-refractivity contribution in [3.63, 3.8) is 0 Å². The number of carbonyl (C=O) groups excluding carboxylic acids is 1. The maximum Gasteiger partial charge on any atom is 0.239 e. The van der Waals surface area contributed by atoms with Crippen LogP contribution in [-0.4, -0.2) is 32.2 Å². The highest BCUT2D eigenvalue weighted by Crippen LogP contribution is 1.94. The Morgan fingerprint density at radius 1 is 1.53 bits per heavy atom. The number of nitrogens with one attached hydrogen (secondary N) is 1. The van der Waals surface area contributed by atoms with E-state index in [4.69, 9.17) is 10.5 Å². The molecule has 0 saturated carbocycles. The highest BCUT2D eigenvalue weighted by Gasteiger charge is 2.11. The molecule has 0 spiro atoms. The Labute approximate surface area is 91.2 Å². The van der Waals surface area contributed by atoms with E-state index in [0.29, 0.717) is 6.54 Å². The van der Waals surface area contributed by atoms with E-state index in [9.17, 15) is 4.79 Å². The number of methoxy groups -OCH3 is 1. The van der Waals surface area contributed by atoms with E-state index < -0.39 is 6.04 Å². The normalized spacial score (nSPS) is 14.3. The number of amides is 1. The van der Waals surface area contributed by atoms with E-state index in [2.05, 4.69) is 5.32 Å².